The Bertz CT molecular complexity index is 1390. The molecule has 4 rings (SSSR count). The van der Waals surface area contributed by atoms with E-state index in [1.54, 1.807) is 4.57 Å². The number of hydrogen-bond acceptors (Lipinski definition) is 5. The summed E-state index contributed by atoms with van der Waals surface area (Å²) in [5, 5.41) is 9.26. The van der Waals surface area contributed by atoms with E-state index in [1.165, 1.54) is 39.4 Å². The highest BCUT2D eigenvalue weighted by Crippen LogP contribution is 2.44. The van der Waals surface area contributed by atoms with Crippen LogP contribution in [0.15, 0.2) is 45.5 Å². The van der Waals surface area contributed by atoms with Gasteiger partial charge in [-0.15, -0.1) is 10.2 Å². The van der Waals surface area contributed by atoms with Crippen molar-refractivity contribution in [2.24, 2.45) is 10.2 Å². The molecule has 170 valence electrons. The van der Waals surface area contributed by atoms with Gasteiger partial charge in [-0.3, -0.25) is 14.4 Å². The zero-order valence-corrected chi connectivity index (χ0v) is 18.1. The van der Waals surface area contributed by atoms with Crippen molar-refractivity contribution >= 4 is 28.4 Å². The van der Waals surface area contributed by atoms with Crippen molar-refractivity contribution in [2.75, 3.05) is 14.2 Å². The lowest BCUT2D eigenvalue weighted by Gasteiger charge is -2.19. The number of ether oxygens (including phenoxy) is 1. The van der Waals surface area contributed by atoms with Crippen molar-refractivity contribution in [1.82, 2.24) is 9.88 Å². The van der Waals surface area contributed by atoms with Crippen LogP contribution in [-0.2, 0) is 4.79 Å². The highest BCUT2D eigenvalue weighted by Gasteiger charge is 2.30. The highest BCUT2D eigenvalue weighted by molar-refractivity contribution is 6.00. The molecule has 2 amide bonds. The zero-order valence-electron chi connectivity index (χ0n) is 18.1. The first-order chi connectivity index (χ1) is 15.8. The molecule has 0 bridgehead atoms. The summed E-state index contributed by atoms with van der Waals surface area (Å²) in [4.78, 5) is 36.2. The largest absolute Gasteiger partial charge is 0.494 e. The van der Waals surface area contributed by atoms with Crippen molar-refractivity contribution in [3.05, 3.63) is 57.9 Å². The second-order valence-corrected chi connectivity index (χ2v) is 7.64. The van der Waals surface area contributed by atoms with E-state index in [0.29, 0.717) is 5.52 Å². The number of aromatic nitrogens is 1. The van der Waals surface area contributed by atoms with Gasteiger partial charge in [-0.2, -0.15) is 0 Å². The smallest absolute Gasteiger partial charge is 0.261 e. The number of methoxy groups -OCH3 is 1. The quantitative estimate of drug-likeness (QED) is 0.582. The van der Waals surface area contributed by atoms with Gasteiger partial charge in [0, 0.05) is 26.2 Å². The minimum absolute atomic E-state index is 0.00606. The summed E-state index contributed by atoms with van der Waals surface area (Å²) in [7, 11) is 2.74. The van der Waals surface area contributed by atoms with E-state index in [-0.39, 0.29) is 39.6 Å². The molecular formula is C23H20F2N4O4. The van der Waals surface area contributed by atoms with E-state index >= 15 is 4.39 Å². The summed E-state index contributed by atoms with van der Waals surface area (Å²) in [6, 6.07) is 4.81. The molecule has 1 heterocycles. The van der Waals surface area contributed by atoms with Gasteiger partial charge < -0.3 is 14.6 Å². The molecule has 0 saturated heterocycles. The molecule has 1 aromatic heterocycles. The Kier molecular flexibility index (Phi) is 5.75. The Hall–Kier alpha value is -3.95. The molecule has 8 nitrogen and oxygen atoms in total. The van der Waals surface area contributed by atoms with E-state index in [0.717, 1.165) is 25.0 Å². The molecule has 0 atom stereocenters. The molecule has 0 spiro atoms. The molecule has 1 aliphatic rings. The second kappa shape index (κ2) is 8.53. The van der Waals surface area contributed by atoms with Crippen molar-refractivity contribution in [2.45, 2.75) is 25.8 Å². The first-order valence-corrected chi connectivity index (χ1v) is 10.2. The lowest BCUT2D eigenvalue weighted by atomic mass is 9.99. The molecule has 10 heteroatoms. The Morgan fingerprint density at radius 1 is 1.18 bits per heavy atom. The number of carbonyl (C=O) groups is 2. The Labute approximate surface area is 186 Å². The van der Waals surface area contributed by atoms with Crippen LogP contribution in [0.1, 0.15) is 36.2 Å². The number of hydrogen-bond donors (Lipinski definition) is 1. The summed E-state index contributed by atoms with van der Waals surface area (Å²) in [6.07, 6.45) is 3.11. The van der Waals surface area contributed by atoms with E-state index in [2.05, 4.69) is 15.5 Å². The maximum absolute atomic E-state index is 15.3. The molecular weight excluding hydrogens is 434 g/mol. The topological polar surface area (TPSA) is 102 Å². The van der Waals surface area contributed by atoms with Crippen LogP contribution in [0.5, 0.6) is 5.75 Å². The first kappa shape index (κ1) is 22.3. The normalized spacial score (nSPS) is 13.5. The van der Waals surface area contributed by atoms with Gasteiger partial charge in [-0.25, -0.2) is 8.78 Å². The third-order valence-electron chi connectivity index (χ3n) is 5.37. The van der Waals surface area contributed by atoms with Gasteiger partial charge in [0.1, 0.15) is 17.1 Å². The average Bonchev–Trinajstić information content (AvgIpc) is 3.62. The summed E-state index contributed by atoms with van der Waals surface area (Å²) in [6.45, 7) is 1.18. The number of nitrogens with one attached hydrogen (secondary N) is 1. The van der Waals surface area contributed by atoms with Gasteiger partial charge in [0.05, 0.1) is 23.6 Å². The molecule has 0 radical (unpaired) electrons. The van der Waals surface area contributed by atoms with E-state index in [4.69, 9.17) is 4.74 Å². The number of carbonyl (C=O) groups excluding carboxylic acids is 2. The fraction of sp³-hybridized carbons (Fsp3) is 0.261. The number of azo groups is 1. The van der Waals surface area contributed by atoms with Crippen molar-refractivity contribution in [3.8, 4) is 16.9 Å². The summed E-state index contributed by atoms with van der Waals surface area (Å²) < 4.78 is 37.2. The van der Waals surface area contributed by atoms with Crippen LogP contribution in [0.2, 0.25) is 0 Å². The third-order valence-corrected chi connectivity index (χ3v) is 5.37. The molecule has 33 heavy (non-hydrogen) atoms. The fourth-order valence-corrected chi connectivity index (χ4v) is 3.73. The standard InChI is InChI=1S/C23H20F2N4O4/c1-11(30)27-28-18-7-4-12(8-16(18)24)19-17(25)9-14-20(22(19)33-3)29(13-5-6-13)10-15(21(14)31)23(32)26-2/h4,7-10,13H,5-6H2,1-3H3,(H,26,32)/b28-27+. The number of fused-ring (bicyclic) bond motifs is 1. The Balaban J connectivity index is 2.00. The SMILES string of the molecule is CNC(=O)c1cn(C2CC2)c2c(OC)c(-c3ccc(/N=N/C(C)=O)c(F)c3)c(F)cc2c1=O. The zero-order chi connectivity index (χ0) is 23.9. The number of nitrogens with zero attached hydrogens (tertiary/aromatic N) is 3. The van der Waals surface area contributed by atoms with Crippen LogP contribution >= 0.6 is 0 Å². The van der Waals surface area contributed by atoms with Crippen LogP contribution < -0.4 is 15.5 Å². The van der Waals surface area contributed by atoms with Gasteiger partial charge in [-0.05, 0) is 36.6 Å². The van der Waals surface area contributed by atoms with E-state index < -0.39 is 28.9 Å². The van der Waals surface area contributed by atoms with Crippen LogP contribution in [0, 0.1) is 11.6 Å². The van der Waals surface area contributed by atoms with Gasteiger partial charge in [-0.1, -0.05) is 6.07 Å². The number of halogens is 2. The second-order valence-electron chi connectivity index (χ2n) is 7.64. The van der Waals surface area contributed by atoms with Crippen LogP contribution in [-0.4, -0.2) is 30.5 Å². The molecule has 1 aliphatic carbocycles. The van der Waals surface area contributed by atoms with Gasteiger partial charge in [0.15, 0.2) is 11.6 Å². The van der Waals surface area contributed by atoms with Crippen molar-refractivity contribution < 1.29 is 23.1 Å². The van der Waals surface area contributed by atoms with Crippen LogP contribution in [0.4, 0.5) is 14.5 Å². The monoisotopic (exact) mass is 454 g/mol. The predicted molar refractivity (Wildman–Crippen MR) is 117 cm³/mol. The summed E-state index contributed by atoms with van der Waals surface area (Å²) in [5.41, 5.74) is -0.473. The summed E-state index contributed by atoms with van der Waals surface area (Å²) in [5.74, 6) is -2.74. The Morgan fingerprint density at radius 3 is 2.48 bits per heavy atom. The molecule has 1 saturated carbocycles. The summed E-state index contributed by atoms with van der Waals surface area (Å²) >= 11 is 0. The number of pyridine rings is 1. The lowest BCUT2D eigenvalue weighted by Crippen LogP contribution is -2.27. The molecule has 3 aromatic rings. The minimum Gasteiger partial charge on any atom is -0.494 e. The van der Waals surface area contributed by atoms with Gasteiger partial charge >= 0.3 is 0 Å². The fourth-order valence-electron chi connectivity index (χ4n) is 3.73. The number of benzene rings is 2. The van der Waals surface area contributed by atoms with Gasteiger partial charge in [0.2, 0.25) is 5.43 Å². The molecule has 2 aromatic carbocycles. The molecule has 1 N–H and O–H groups in total. The maximum atomic E-state index is 15.3. The average molecular weight is 454 g/mol. The molecule has 0 unspecified atom stereocenters. The van der Waals surface area contributed by atoms with E-state index in [9.17, 15) is 18.8 Å². The molecule has 0 aliphatic heterocycles. The molecule has 1 fully saturated rings. The van der Waals surface area contributed by atoms with Crippen LogP contribution in [0.25, 0.3) is 22.0 Å². The van der Waals surface area contributed by atoms with Crippen molar-refractivity contribution in [3.63, 3.8) is 0 Å². The highest BCUT2D eigenvalue weighted by atomic mass is 19.1. The number of amides is 2. The minimum atomic E-state index is -0.814. The first-order valence-electron chi connectivity index (χ1n) is 10.2. The Morgan fingerprint density at radius 2 is 1.91 bits per heavy atom. The lowest BCUT2D eigenvalue weighted by molar-refractivity contribution is -0.116. The predicted octanol–water partition coefficient (Wildman–Crippen LogP) is 4.28. The van der Waals surface area contributed by atoms with E-state index in [1.807, 2.05) is 0 Å². The van der Waals surface area contributed by atoms with Crippen LogP contribution in [0.3, 0.4) is 0 Å². The maximum Gasteiger partial charge on any atom is 0.261 e. The van der Waals surface area contributed by atoms with Crippen molar-refractivity contribution in [1.29, 1.82) is 0 Å². The number of rotatable bonds is 5. The third kappa shape index (κ3) is 3.99. The van der Waals surface area contributed by atoms with Gasteiger partial charge in [0.25, 0.3) is 11.8 Å².